The highest BCUT2D eigenvalue weighted by atomic mass is 35.5. The molecule has 0 aliphatic rings. The number of ether oxygens (including phenoxy) is 1. The highest BCUT2D eigenvalue weighted by Crippen LogP contribution is 2.37. The second kappa shape index (κ2) is 8.88. The van der Waals surface area contributed by atoms with E-state index in [1.807, 2.05) is 0 Å². The molecule has 13 heteroatoms. The van der Waals surface area contributed by atoms with Crippen molar-refractivity contribution in [3.05, 3.63) is 63.2 Å². The van der Waals surface area contributed by atoms with Gasteiger partial charge < -0.3 is 4.74 Å². The van der Waals surface area contributed by atoms with Gasteiger partial charge in [-0.05, 0) is 31.2 Å². The third-order valence-electron chi connectivity index (χ3n) is 3.74. The predicted molar refractivity (Wildman–Crippen MR) is 101 cm³/mol. The Morgan fingerprint density at radius 1 is 1.23 bits per heavy atom. The van der Waals surface area contributed by atoms with Crippen LogP contribution in [0.1, 0.15) is 12.5 Å². The van der Waals surface area contributed by atoms with Crippen LogP contribution in [-0.4, -0.2) is 32.5 Å². The standard InChI is InChI=1S/C17H14ClF3N2O6S/c1-2-29-16(24)10-22(15-8-11(17(19,20)21)6-7-14(15)18)30(27,28)13-5-3-4-12(9-13)23(25)26/h3-9H,2,10H2,1H3. The summed E-state index contributed by atoms with van der Waals surface area (Å²) in [4.78, 5) is 21.5. The summed E-state index contributed by atoms with van der Waals surface area (Å²) >= 11 is 5.94. The number of alkyl halides is 3. The minimum atomic E-state index is -4.82. The molecular weight excluding hydrogens is 453 g/mol. The van der Waals surface area contributed by atoms with Crippen molar-refractivity contribution in [1.82, 2.24) is 0 Å². The van der Waals surface area contributed by atoms with Gasteiger partial charge in [0.25, 0.3) is 15.7 Å². The SMILES string of the molecule is CCOC(=O)CN(c1cc(C(F)(F)F)ccc1Cl)S(=O)(=O)c1cccc([N+](=O)[O-])c1. The predicted octanol–water partition coefficient (Wildman–Crippen LogP) is 4.03. The topological polar surface area (TPSA) is 107 Å². The molecule has 0 fully saturated rings. The van der Waals surface area contributed by atoms with Gasteiger partial charge in [-0.2, -0.15) is 13.2 Å². The fraction of sp³-hybridized carbons (Fsp3) is 0.235. The van der Waals surface area contributed by atoms with Gasteiger partial charge in [-0.3, -0.25) is 19.2 Å². The summed E-state index contributed by atoms with van der Waals surface area (Å²) in [6, 6.07) is 5.79. The number of nitrogens with zero attached hydrogens (tertiary/aromatic N) is 2. The Bertz CT molecular complexity index is 1080. The van der Waals surface area contributed by atoms with Gasteiger partial charge in [0.05, 0.1) is 32.7 Å². The number of benzene rings is 2. The molecule has 0 aromatic heterocycles. The molecule has 0 saturated carbocycles. The van der Waals surface area contributed by atoms with E-state index in [1.54, 1.807) is 0 Å². The Morgan fingerprint density at radius 2 is 1.90 bits per heavy atom. The van der Waals surface area contributed by atoms with Gasteiger partial charge in [-0.1, -0.05) is 17.7 Å². The second-order valence-electron chi connectivity index (χ2n) is 5.74. The van der Waals surface area contributed by atoms with Crippen LogP contribution in [0.2, 0.25) is 5.02 Å². The van der Waals surface area contributed by atoms with E-state index in [1.165, 1.54) is 6.92 Å². The van der Waals surface area contributed by atoms with Crippen LogP contribution in [0.4, 0.5) is 24.5 Å². The smallest absolute Gasteiger partial charge is 0.416 e. The summed E-state index contributed by atoms with van der Waals surface area (Å²) in [7, 11) is -4.73. The molecule has 0 bridgehead atoms. The molecule has 0 N–H and O–H groups in total. The van der Waals surface area contributed by atoms with Gasteiger partial charge in [0.1, 0.15) is 6.54 Å². The molecule has 162 valence electrons. The van der Waals surface area contributed by atoms with Crippen LogP contribution >= 0.6 is 11.6 Å². The number of rotatable bonds is 7. The monoisotopic (exact) mass is 466 g/mol. The van der Waals surface area contributed by atoms with Crippen LogP contribution in [-0.2, 0) is 25.7 Å². The fourth-order valence-electron chi connectivity index (χ4n) is 2.39. The molecule has 0 heterocycles. The number of halogens is 4. The number of hydrogen-bond donors (Lipinski definition) is 0. The second-order valence-corrected chi connectivity index (χ2v) is 8.00. The number of hydrogen-bond acceptors (Lipinski definition) is 6. The number of esters is 1. The van der Waals surface area contributed by atoms with Crippen molar-refractivity contribution in [2.75, 3.05) is 17.5 Å². The van der Waals surface area contributed by atoms with Gasteiger partial charge in [0, 0.05) is 12.1 Å². The maximum absolute atomic E-state index is 13.1. The maximum atomic E-state index is 13.1. The van der Waals surface area contributed by atoms with Gasteiger partial charge in [-0.25, -0.2) is 8.42 Å². The largest absolute Gasteiger partial charge is 0.465 e. The molecule has 2 rings (SSSR count). The average Bonchev–Trinajstić information content (AvgIpc) is 2.66. The number of carbonyl (C=O) groups is 1. The van der Waals surface area contributed by atoms with E-state index in [9.17, 15) is 36.5 Å². The average molecular weight is 467 g/mol. The summed E-state index contributed by atoms with van der Waals surface area (Å²) < 4.78 is 70.6. The summed E-state index contributed by atoms with van der Waals surface area (Å²) in [5.74, 6) is -1.06. The zero-order valence-electron chi connectivity index (χ0n) is 15.2. The van der Waals surface area contributed by atoms with E-state index >= 15 is 0 Å². The van der Waals surface area contributed by atoms with Gasteiger partial charge >= 0.3 is 12.1 Å². The summed E-state index contributed by atoms with van der Waals surface area (Å²) in [6.45, 7) is 0.342. The van der Waals surface area contributed by atoms with Crippen LogP contribution in [0.25, 0.3) is 0 Å². The molecule has 0 unspecified atom stereocenters. The molecule has 0 amide bonds. The molecule has 0 aliphatic carbocycles. The lowest BCUT2D eigenvalue weighted by molar-refractivity contribution is -0.385. The summed E-state index contributed by atoms with van der Waals surface area (Å²) in [5.41, 5.74) is -2.40. The molecule has 2 aromatic carbocycles. The molecule has 30 heavy (non-hydrogen) atoms. The van der Waals surface area contributed by atoms with Crippen molar-refractivity contribution >= 4 is 39.0 Å². The highest BCUT2D eigenvalue weighted by molar-refractivity contribution is 7.92. The zero-order chi connectivity index (χ0) is 22.7. The molecule has 0 saturated heterocycles. The molecular formula is C17H14ClF3N2O6S. The molecule has 2 aromatic rings. The van der Waals surface area contributed by atoms with Gasteiger partial charge in [-0.15, -0.1) is 0 Å². The number of carbonyl (C=O) groups excluding carboxylic acids is 1. The highest BCUT2D eigenvalue weighted by Gasteiger charge is 2.35. The van der Waals surface area contributed by atoms with Crippen LogP contribution in [0.15, 0.2) is 47.4 Å². The van der Waals surface area contributed by atoms with Crippen molar-refractivity contribution in [2.45, 2.75) is 18.0 Å². The third-order valence-corrected chi connectivity index (χ3v) is 5.81. The zero-order valence-corrected chi connectivity index (χ0v) is 16.8. The first-order chi connectivity index (χ1) is 13.9. The Hall–Kier alpha value is -2.86. The van der Waals surface area contributed by atoms with Crippen molar-refractivity contribution in [1.29, 1.82) is 0 Å². The Kier molecular flexibility index (Phi) is 6.93. The van der Waals surface area contributed by atoms with Crippen LogP contribution in [0.3, 0.4) is 0 Å². The quantitative estimate of drug-likeness (QED) is 0.346. The fourth-order valence-corrected chi connectivity index (χ4v) is 4.12. The van der Waals surface area contributed by atoms with Crippen LogP contribution < -0.4 is 4.31 Å². The normalized spacial score (nSPS) is 11.8. The van der Waals surface area contributed by atoms with E-state index in [0.29, 0.717) is 16.4 Å². The minimum Gasteiger partial charge on any atom is -0.465 e. The maximum Gasteiger partial charge on any atom is 0.416 e. The number of nitro benzene ring substituents is 1. The van der Waals surface area contributed by atoms with Crippen molar-refractivity contribution in [3.8, 4) is 0 Å². The van der Waals surface area contributed by atoms with E-state index in [4.69, 9.17) is 16.3 Å². The molecule has 0 aliphatic heterocycles. The number of nitro groups is 1. The van der Waals surface area contributed by atoms with E-state index in [2.05, 4.69) is 0 Å². The molecule has 0 radical (unpaired) electrons. The van der Waals surface area contributed by atoms with Crippen molar-refractivity contribution in [2.24, 2.45) is 0 Å². The van der Waals surface area contributed by atoms with Crippen molar-refractivity contribution in [3.63, 3.8) is 0 Å². The van der Waals surface area contributed by atoms with E-state index in [-0.39, 0.29) is 11.6 Å². The van der Waals surface area contributed by atoms with Gasteiger partial charge in [0.15, 0.2) is 0 Å². The number of sulfonamides is 1. The van der Waals surface area contributed by atoms with E-state index in [0.717, 1.165) is 30.3 Å². The molecule has 0 spiro atoms. The lowest BCUT2D eigenvalue weighted by Gasteiger charge is -2.25. The Balaban J connectivity index is 2.68. The summed E-state index contributed by atoms with van der Waals surface area (Å²) in [6.07, 6.45) is -4.82. The Morgan fingerprint density at radius 3 is 2.47 bits per heavy atom. The number of anilines is 1. The lowest BCUT2D eigenvalue weighted by atomic mass is 10.2. The van der Waals surface area contributed by atoms with E-state index < -0.39 is 55.5 Å². The third kappa shape index (κ3) is 5.19. The summed E-state index contributed by atoms with van der Waals surface area (Å²) in [5, 5.41) is 10.6. The number of non-ortho nitro benzene ring substituents is 1. The Labute approximate surface area is 174 Å². The first-order valence-corrected chi connectivity index (χ1v) is 9.99. The lowest BCUT2D eigenvalue weighted by Crippen LogP contribution is -2.37. The minimum absolute atomic E-state index is 0.111. The van der Waals surface area contributed by atoms with Crippen LogP contribution in [0, 0.1) is 10.1 Å². The van der Waals surface area contributed by atoms with Gasteiger partial charge in [0.2, 0.25) is 0 Å². The molecule has 8 nitrogen and oxygen atoms in total. The van der Waals surface area contributed by atoms with Crippen LogP contribution in [0.5, 0.6) is 0 Å². The van der Waals surface area contributed by atoms with Crippen molar-refractivity contribution < 1.29 is 36.0 Å². The first-order valence-electron chi connectivity index (χ1n) is 8.17. The molecule has 0 atom stereocenters. The first kappa shape index (κ1) is 23.4.